The van der Waals surface area contributed by atoms with Crippen molar-refractivity contribution in [2.75, 3.05) is 26.5 Å². The standard InChI is InChI=1S/C19H22N2O4/c1-14-3-2-4-15(11-14)7-8-20-19(22)21-9-10-23-16-5-6-17-18(12-16)25-13-24-17/h2-6,11-12H,7-10,13H2,1H3,(H2,20,21,22). The number of amides is 2. The SMILES string of the molecule is Cc1cccc(CCNC(=O)NCCOc2ccc3c(c2)OCO3)c1. The average Bonchev–Trinajstić information content (AvgIpc) is 3.06. The summed E-state index contributed by atoms with van der Waals surface area (Å²) in [5.41, 5.74) is 2.44. The van der Waals surface area contributed by atoms with Crippen molar-refractivity contribution in [2.24, 2.45) is 0 Å². The van der Waals surface area contributed by atoms with Crippen LogP contribution in [-0.2, 0) is 6.42 Å². The molecule has 2 N–H and O–H groups in total. The first-order valence-corrected chi connectivity index (χ1v) is 8.30. The summed E-state index contributed by atoms with van der Waals surface area (Å²) in [6.07, 6.45) is 0.808. The van der Waals surface area contributed by atoms with Crippen molar-refractivity contribution in [3.8, 4) is 17.2 Å². The smallest absolute Gasteiger partial charge is 0.314 e. The first-order chi connectivity index (χ1) is 12.2. The molecule has 0 aromatic heterocycles. The number of urea groups is 1. The monoisotopic (exact) mass is 342 g/mol. The highest BCUT2D eigenvalue weighted by molar-refractivity contribution is 5.73. The van der Waals surface area contributed by atoms with Gasteiger partial charge in [0.1, 0.15) is 12.4 Å². The molecule has 0 aliphatic carbocycles. The Bertz CT molecular complexity index is 733. The summed E-state index contributed by atoms with van der Waals surface area (Å²) < 4.78 is 16.1. The molecule has 0 bridgehead atoms. The fourth-order valence-corrected chi connectivity index (χ4v) is 2.55. The number of benzene rings is 2. The van der Waals surface area contributed by atoms with E-state index in [1.54, 1.807) is 6.07 Å². The topological polar surface area (TPSA) is 68.8 Å². The Hall–Kier alpha value is -2.89. The second kappa shape index (κ2) is 8.28. The summed E-state index contributed by atoms with van der Waals surface area (Å²) in [5, 5.41) is 5.61. The number of ether oxygens (including phenoxy) is 3. The lowest BCUT2D eigenvalue weighted by molar-refractivity contribution is 0.173. The maximum atomic E-state index is 11.8. The van der Waals surface area contributed by atoms with Gasteiger partial charge in [-0.1, -0.05) is 29.8 Å². The van der Waals surface area contributed by atoms with Gasteiger partial charge < -0.3 is 24.8 Å². The molecule has 6 nitrogen and oxygen atoms in total. The summed E-state index contributed by atoms with van der Waals surface area (Å²) in [7, 11) is 0. The molecule has 1 heterocycles. The van der Waals surface area contributed by atoms with Crippen LogP contribution in [0, 0.1) is 6.92 Å². The maximum Gasteiger partial charge on any atom is 0.314 e. The van der Waals surface area contributed by atoms with Crippen LogP contribution in [0.4, 0.5) is 4.79 Å². The van der Waals surface area contributed by atoms with Gasteiger partial charge in [-0.25, -0.2) is 4.79 Å². The Morgan fingerprint density at radius 3 is 2.80 bits per heavy atom. The Labute approximate surface area is 147 Å². The van der Waals surface area contributed by atoms with Gasteiger partial charge in [0.15, 0.2) is 11.5 Å². The minimum Gasteiger partial charge on any atom is -0.492 e. The van der Waals surface area contributed by atoms with Crippen molar-refractivity contribution in [3.63, 3.8) is 0 Å². The third kappa shape index (κ3) is 5.04. The van der Waals surface area contributed by atoms with E-state index in [4.69, 9.17) is 14.2 Å². The van der Waals surface area contributed by atoms with E-state index in [1.165, 1.54) is 11.1 Å². The number of carbonyl (C=O) groups excluding carboxylic acids is 1. The molecule has 0 spiro atoms. The lowest BCUT2D eigenvalue weighted by Gasteiger charge is -2.09. The Morgan fingerprint density at radius 2 is 1.92 bits per heavy atom. The van der Waals surface area contributed by atoms with E-state index in [0.717, 1.165) is 12.2 Å². The molecule has 1 aliphatic rings. The molecule has 132 valence electrons. The molecule has 2 aromatic rings. The third-order valence-electron chi connectivity index (χ3n) is 3.78. The predicted octanol–water partition coefficient (Wildman–Crippen LogP) is 2.64. The molecule has 0 radical (unpaired) electrons. The molecule has 2 aromatic carbocycles. The van der Waals surface area contributed by atoms with Gasteiger partial charge in [0.05, 0.1) is 6.54 Å². The molecule has 3 rings (SSSR count). The van der Waals surface area contributed by atoms with E-state index in [0.29, 0.717) is 31.2 Å². The summed E-state index contributed by atoms with van der Waals surface area (Å²) in [5.74, 6) is 2.09. The zero-order valence-corrected chi connectivity index (χ0v) is 14.2. The van der Waals surface area contributed by atoms with Crippen molar-refractivity contribution in [1.29, 1.82) is 0 Å². The second-order valence-electron chi connectivity index (χ2n) is 5.79. The molecule has 1 aliphatic heterocycles. The van der Waals surface area contributed by atoms with Crippen LogP contribution in [0.2, 0.25) is 0 Å². The number of nitrogens with one attached hydrogen (secondary N) is 2. The van der Waals surface area contributed by atoms with Gasteiger partial charge in [-0.05, 0) is 31.0 Å². The summed E-state index contributed by atoms with van der Waals surface area (Å²) in [4.78, 5) is 11.8. The van der Waals surface area contributed by atoms with E-state index in [-0.39, 0.29) is 12.8 Å². The fourth-order valence-electron chi connectivity index (χ4n) is 2.55. The van der Waals surface area contributed by atoms with Crippen LogP contribution in [0.5, 0.6) is 17.2 Å². The molecule has 0 saturated carbocycles. The van der Waals surface area contributed by atoms with Crippen LogP contribution in [0.1, 0.15) is 11.1 Å². The molecule has 25 heavy (non-hydrogen) atoms. The molecule has 0 fully saturated rings. The minimum absolute atomic E-state index is 0.193. The van der Waals surface area contributed by atoms with Crippen LogP contribution in [0.3, 0.4) is 0 Å². The van der Waals surface area contributed by atoms with Crippen molar-refractivity contribution in [2.45, 2.75) is 13.3 Å². The Kier molecular flexibility index (Phi) is 5.61. The second-order valence-corrected chi connectivity index (χ2v) is 5.79. The minimum atomic E-state index is -0.193. The van der Waals surface area contributed by atoms with Gasteiger partial charge in [0.25, 0.3) is 0 Å². The molecular weight excluding hydrogens is 320 g/mol. The molecule has 6 heteroatoms. The summed E-state index contributed by atoms with van der Waals surface area (Å²) in [6, 6.07) is 13.5. The van der Waals surface area contributed by atoms with Crippen molar-refractivity contribution >= 4 is 6.03 Å². The van der Waals surface area contributed by atoms with Crippen LogP contribution in [0.15, 0.2) is 42.5 Å². The van der Waals surface area contributed by atoms with Crippen molar-refractivity contribution in [1.82, 2.24) is 10.6 Å². The zero-order chi connectivity index (χ0) is 17.5. The molecule has 0 unspecified atom stereocenters. The lowest BCUT2D eigenvalue weighted by atomic mass is 10.1. The predicted molar refractivity (Wildman–Crippen MR) is 94.3 cm³/mol. The highest BCUT2D eigenvalue weighted by Crippen LogP contribution is 2.34. The van der Waals surface area contributed by atoms with E-state index in [9.17, 15) is 4.79 Å². The van der Waals surface area contributed by atoms with E-state index in [2.05, 4.69) is 35.8 Å². The van der Waals surface area contributed by atoms with Crippen LogP contribution < -0.4 is 24.8 Å². The average molecular weight is 342 g/mol. The van der Waals surface area contributed by atoms with E-state index < -0.39 is 0 Å². The van der Waals surface area contributed by atoms with Crippen LogP contribution >= 0.6 is 0 Å². The Balaban J connectivity index is 1.30. The third-order valence-corrected chi connectivity index (χ3v) is 3.78. The highest BCUT2D eigenvalue weighted by atomic mass is 16.7. The van der Waals surface area contributed by atoms with E-state index in [1.807, 2.05) is 18.2 Å². The lowest BCUT2D eigenvalue weighted by Crippen LogP contribution is -2.38. The van der Waals surface area contributed by atoms with E-state index >= 15 is 0 Å². The largest absolute Gasteiger partial charge is 0.492 e. The summed E-state index contributed by atoms with van der Waals surface area (Å²) in [6.45, 7) is 3.70. The normalized spacial score (nSPS) is 11.9. The van der Waals surface area contributed by atoms with Gasteiger partial charge in [-0.15, -0.1) is 0 Å². The van der Waals surface area contributed by atoms with Crippen molar-refractivity contribution < 1.29 is 19.0 Å². The van der Waals surface area contributed by atoms with Crippen LogP contribution in [-0.4, -0.2) is 32.5 Å². The number of fused-ring (bicyclic) bond motifs is 1. The molecule has 0 saturated heterocycles. The number of rotatable bonds is 7. The maximum absolute atomic E-state index is 11.8. The number of carbonyl (C=O) groups is 1. The highest BCUT2D eigenvalue weighted by Gasteiger charge is 2.13. The number of hydrogen-bond acceptors (Lipinski definition) is 4. The zero-order valence-electron chi connectivity index (χ0n) is 14.2. The molecular formula is C19H22N2O4. The van der Waals surface area contributed by atoms with Gasteiger partial charge in [-0.3, -0.25) is 0 Å². The molecule has 2 amide bonds. The van der Waals surface area contributed by atoms with Crippen LogP contribution in [0.25, 0.3) is 0 Å². The van der Waals surface area contributed by atoms with Gasteiger partial charge >= 0.3 is 6.03 Å². The quantitative estimate of drug-likeness (QED) is 0.759. The van der Waals surface area contributed by atoms with Crippen molar-refractivity contribution in [3.05, 3.63) is 53.6 Å². The van der Waals surface area contributed by atoms with Gasteiger partial charge in [0.2, 0.25) is 6.79 Å². The van der Waals surface area contributed by atoms with Gasteiger partial charge in [-0.2, -0.15) is 0 Å². The first-order valence-electron chi connectivity index (χ1n) is 8.30. The number of aryl methyl sites for hydroxylation is 1. The van der Waals surface area contributed by atoms with Gasteiger partial charge in [0, 0.05) is 12.6 Å². The molecule has 0 atom stereocenters. The number of hydrogen-bond donors (Lipinski definition) is 2. The first kappa shape index (κ1) is 17.0. The summed E-state index contributed by atoms with van der Waals surface area (Å²) >= 11 is 0. The Morgan fingerprint density at radius 1 is 1.08 bits per heavy atom. The fraction of sp³-hybridized carbons (Fsp3) is 0.316.